The summed E-state index contributed by atoms with van der Waals surface area (Å²) in [5, 5.41) is 5.20. The Morgan fingerprint density at radius 3 is 2.38 bits per heavy atom. The normalized spacial score (nSPS) is 10.1. The van der Waals surface area contributed by atoms with Crippen molar-refractivity contribution in [1.29, 1.82) is 0 Å². The largest absolute Gasteiger partial charge is 0.484 e. The highest BCUT2D eigenvalue weighted by Gasteiger charge is 2.09. The van der Waals surface area contributed by atoms with E-state index in [-0.39, 0.29) is 19.1 Å². The maximum atomic E-state index is 11.9. The first-order valence-electron chi connectivity index (χ1n) is 7.70. The molecule has 26 heavy (non-hydrogen) atoms. The van der Waals surface area contributed by atoms with Crippen LogP contribution < -0.4 is 21.1 Å². The lowest BCUT2D eigenvalue weighted by atomic mass is 10.2. The molecule has 0 radical (unpaired) electrons. The van der Waals surface area contributed by atoms with Gasteiger partial charge in [0.25, 0.3) is 5.91 Å². The van der Waals surface area contributed by atoms with Crippen molar-refractivity contribution in [2.24, 2.45) is 5.73 Å². The number of aryl methyl sites for hydroxylation is 1. The van der Waals surface area contributed by atoms with Gasteiger partial charge in [-0.2, -0.15) is 0 Å². The first-order chi connectivity index (χ1) is 12.3. The van der Waals surface area contributed by atoms with Gasteiger partial charge in [-0.25, -0.2) is 0 Å². The predicted molar refractivity (Wildman–Crippen MR) is 101 cm³/mol. The fraction of sp³-hybridized carbons (Fsp3) is 0.167. The van der Waals surface area contributed by atoms with Gasteiger partial charge in [-0.15, -0.1) is 0 Å². The van der Waals surface area contributed by atoms with Crippen LogP contribution in [0, 0.1) is 6.92 Å². The SMILES string of the molecule is Cc1cc(Br)ccc1NC(=O)CNC(=O)COc1ccc(C(N)=O)cc1. The summed E-state index contributed by atoms with van der Waals surface area (Å²) in [5.74, 6) is -0.900. The van der Waals surface area contributed by atoms with E-state index < -0.39 is 11.8 Å². The number of carbonyl (C=O) groups is 3. The molecule has 3 amide bonds. The van der Waals surface area contributed by atoms with Crippen molar-refractivity contribution >= 4 is 39.3 Å². The monoisotopic (exact) mass is 419 g/mol. The molecule has 0 aliphatic rings. The summed E-state index contributed by atoms with van der Waals surface area (Å²) in [6, 6.07) is 11.6. The molecule has 0 aliphatic carbocycles. The highest BCUT2D eigenvalue weighted by molar-refractivity contribution is 9.10. The van der Waals surface area contributed by atoms with E-state index in [9.17, 15) is 14.4 Å². The van der Waals surface area contributed by atoms with Crippen LogP contribution in [0.4, 0.5) is 5.69 Å². The van der Waals surface area contributed by atoms with E-state index in [4.69, 9.17) is 10.5 Å². The van der Waals surface area contributed by atoms with Crippen molar-refractivity contribution in [2.75, 3.05) is 18.5 Å². The molecule has 2 aromatic rings. The lowest BCUT2D eigenvalue weighted by Crippen LogP contribution is -2.35. The summed E-state index contributed by atoms with van der Waals surface area (Å²) in [7, 11) is 0. The van der Waals surface area contributed by atoms with Crippen molar-refractivity contribution in [1.82, 2.24) is 5.32 Å². The Morgan fingerprint density at radius 1 is 1.08 bits per heavy atom. The Hall–Kier alpha value is -2.87. The number of amides is 3. The fourth-order valence-electron chi connectivity index (χ4n) is 2.06. The van der Waals surface area contributed by atoms with Crippen LogP contribution in [-0.4, -0.2) is 30.9 Å². The van der Waals surface area contributed by atoms with Crippen molar-refractivity contribution < 1.29 is 19.1 Å². The van der Waals surface area contributed by atoms with E-state index in [0.717, 1.165) is 10.0 Å². The molecule has 2 rings (SSSR count). The molecule has 0 atom stereocenters. The molecule has 2 aromatic carbocycles. The topological polar surface area (TPSA) is 111 Å². The zero-order valence-corrected chi connectivity index (χ0v) is 15.6. The molecule has 136 valence electrons. The summed E-state index contributed by atoms with van der Waals surface area (Å²) in [4.78, 5) is 34.6. The van der Waals surface area contributed by atoms with E-state index in [1.165, 1.54) is 24.3 Å². The third kappa shape index (κ3) is 5.89. The van der Waals surface area contributed by atoms with Gasteiger partial charge in [-0.3, -0.25) is 14.4 Å². The zero-order chi connectivity index (χ0) is 19.1. The molecule has 0 spiro atoms. The van der Waals surface area contributed by atoms with Crippen LogP contribution in [-0.2, 0) is 9.59 Å². The zero-order valence-electron chi connectivity index (χ0n) is 14.0. The van der Waals surface area contributed by atoms with Gasteiger partial charge in [0.05, 0.1) is 6.54 Å². The Labute approximate surface area is 159 Å². The molecule has 0 heterocycles. The standard InChI is InChI=1S/C18H18BrN3O4/c1-11-8-13(19)4-7-15(11)22-16(23)9-21-17(24)10-26-14-5-2-12(3-6-14)18(20)25/h2-8H,9-10H2,1H3,(H2,20,25)(H,21,24)(H,22,23). The number of nitrogens with two attached hydrogens (primary N) is 1. The van der Waals surface area contributed by atoms with Gasteiger partial charge >= 0.3 is 0 Å². The second kappa shape index (κ2) is 9.00. The maximum absolute atomic E-state index is 11.9. The molecular formula is C18H18BrN3O4. The van der Waals surface area contributed by atoms with Crippen LogP contribution in [0.1, 0.15) is 15.9 Å². The number of ether oxygens (including phenoxy) is 1. The summed E-state index contributed by atoms with van der Waals surface area (Å²) >= 11 is 3.35. The lowest BCUT2D eigenvalue weighted by Gasteiger charge is -2.10. The molecule has 0 saturated carbocycles. The number of hydrogen-bond donors (Lipinski definition) is 3. The fourth-order valence-corrected chi connectivity index (χ4v) is 2.53. The van der Waals surface area contributed by atoms with E-state index in [1.54, 1.807) is 6.07 Å². The third-order valence-electron chi connectivity index (χ3n) is 3.42. The molecular weight excluding hydrogens is 402 g/mol. The van der Waals surface area contributed by atoms with Crippen LogP contribution in [0.25, 0.3) is 0 Å². The van der Waals surface area contributed by atoms with E-state index in [2.05, 4.69) is 26.6 Å². The van der Waals surface area contributed by atoms with Gasteiger partial charge < -0.3 is 21.1 Å². The average molecular weight is 420 g/mol. The Kier molecular flexibility index (Phi) is 6.74. The van der Waals surface area contributed by atoms with Crippen molar-refractivity contribution in [3.8, 4) is 5.75 Å². The van der Waals surface area contributed by atoms with Gasteiger partial charge in [0, 0.05) is 15.7 Å². The highest BCUT2D eigenvalue weighted by Crippen LogP contribution is 2.19. The van der Waals surface area contributed by atoms with E-state index in [0.29, 0.717) is 17.0 Å². The van der Waals surface area contributed by atoms with Crippen LogP contribution >= 0.6 is 15.9 Å². The van der Waals surface area contributed by atoms with E-state index in [1.807, 2.05) is 19.1 Å². The van der Waals surface area contributed by atoms with Gasteiger partial charge in [0.1, 0.15) is 5.75 Å². The Balaban J connectivity index is 1.75. The number of rotatable bonds is 7. The molecule has 0 saturated heterocycles. The Morgan fingerprint density at radius 2 is 1.77 bits per heavy atom. The smallest absolute Gasteiger partial charge is 0.258 e. The number of carbonyl (C=O) groups excluding carboxylic acids is 3. The summed E-state index contributed by atoms with van der Waals surface area (Å²) in [6.45, 7) is 1.45. The van der Waals surface area contributed by atoms with Crippen LogP contribution in [0.5, 0.6) is 5.75 Å². The van der Waals surface area contributed by atoms with Gasteiger partial charge in [-0.1, -0.05) is 15.9 Å². The first kappa shape index (κ1) is 19.5. The number of benzene rings is 2. The molecule has 4 N–H and O–H groups in total. The minimum atomic E-state index is -0.540. The molecule has 0 fully saturated rings. The minimum absolute atomic E-state index is 0.168. The first-order valence-corrected chi connectivity index (χ1v) is 8.50. The highest BCUT2D eigenvalue weighted by atomic mass is 79.9. The van der Waals surface area contributed by atoms with E-state index >= 15 is 0 Å². The number of halogens is 1. The number of nitrogens with one attached hydrogen (secondary N) is 2. The molecule has 8 heteroatoms. The number of anilines is 1. The maximum Gasteiger partial charge on any atom is 0.258 e. The van der Waals surface area contributed by atoms with Gasteiger partial charge in [0.2, 0.25) is 11.8 Å². The van der Waals surface area contributed by atoms with Gasteiger partial charge in [0.15, 0.2) is 6.61 Å². The average Bonchev–Trinajstić information content (AvgIpc) is 2.61. The predicted octanol–water partition coefficient (Wildman–Crippen LogP) is 1.99. The minimum Gasteiger partial charge on any atom is -0.484 e. The van der Waals surface area contributed by atoms with Crippen molar-refractivity contribution in [3.63, 3.8) is 0 Å². The van der Waals surface area contributed by atoms with Crippen LogP contribution in [0.3, 0.4) is 0 Å². The molecule has 0 unspecified atom stereocenters. The Bertz CT molecular complexity index is 822. The van der Waals surface area contributed by atoms with Crippen molar-refractivity contribution in [3.05, 3.63) is 58.1 Å². The molecule has 0 aromatic heterocycles. The lowest BCUT2D eigenvalue weighted by molar-refractivity contribution is -0.125. The van der Waals surface area contributed by atoms with Crippen molar-refractivity contribution in [2.45, 2.75) is 6.92 Å². The number of hydrogen-bond acceptors (Lipinski definition) is 4. The van der Waals surface area contributed by atoms with Crippen LogP contribution in [0.2, 0.25) is 0 Å². The second-order valence-corrected chi connectivity index (χ2v) is 6.38. The second-order valence-electron chi connectivity index (χ2n) is 5.46. The summed E-state index contributed by atoms with van der Waals surface area (Å²) < 4.78 is 6.20. The van der Waals surface area contributed by atoms with Crippen LogP contribution in [0.15, 0.2) is 46.9 Å². The molecule has 7 nitrogen and oxygen atoms in total. The summed E-state index contributed by atoms with van der Waals surface area (Å²) in [5.41, 5.74) is 7.07. The number of primary amides is 1. The third-order valence-corrected chi connectivity index (χ3v) is 3.91. The quantitative estimate of drug-likeness (QED) is 0.636. The summed E-state index contributed by atoms with van der Waals surface area (Å²) in [6.07, 6.45) is 0. The molecule has 0 bridgehead atoms. The molecule has 0 aliphatic heterocycles. The van der Waals surface area contributed by atoms with Gasteiger partial charge in [-0.05, 0) is 55.0 Å².